The standard InChI is InChI=1S/C13H12O.C10H17N.C7H7Br.C6H14.C4H10/c1-11-7-9-13(10-8-11)14-12-5-3-2-4-6-12;11-10-4-7-1-8(5-10)3-9(2-7)6-10;1-6-2-4-7(8)5-3-6;1-4-5-6(2)3;1-3-4-2/h2-10H,1H3;7-9H,1-6,11H2;2-5H,1H3;6H,4-5H2,1-3H3;3-4H2,1-2H3. The molecule has 4 fully saturated rings. The second kappa shape index (κ2) is 20.0. The summed E-state index contributed by atoms with van der Waals surface area (Å²) >= 11 is 3.35. The summed E-state index contributed by atoms with van der Waals surface area (Å²) in [6.45, 7) is 15.2. The normalized spacial score (nSPS) is 22.4. The first-order valence-electron chi connectivity index (χ1n) is 16.9. The Morgan fingerprint density at radius 3 is 1.42 bits per heavy atom. The Kier molecular flexibility index (Phi) is 17.3. The minimum Gasteiger partial charge on any atom is -0.457 e. The van der Waals surface area contributed by atoms with E-state index in [4.69, 9.17) is 10.5 Å². The first kappa shape index (κ1) is 37.1. The number of para-hydroxylation sites is 1. The van der Waals surface area contributed by atoms with E-state index in [2.05, 4.69) is 76.5 Å². The van der Waals surface area contributed by atoms with Crippen LogP contribution < -0.4 is 10.5 Å². The Hall–Kier alpha value is -2.10. The first-order valence-corrected chi connectivity index (χ1v) is 17.7. The van der Waals surface area contributed by atoms with Crippen molar-refractivity contribution in [2.24, 2.45) is 29.4 Å². The highest BCUT2D eigenvalue weighted by molar-refractivity contribution is 9.10. The van der Waals surface area contributed by atoms with Gasteiger partial charge >= 0.3 is 0 Å². The van der Waals surface area contributed by atoms with Crippen LogP contribution in [0, 0.1) is 37.5 Å². The van der Waals surface area contributed by atoms with Crippen LogP contribution in [0.2, 0.25) is 0 Å². The summed E-state index contributed by atoms with van der Waals surface area (Å²) in [7, 11) is 0. The number of halogens is 1. The van der Waals surface area contributed by atoms with Gasteiger partial charge in [-0.1, -0.05) is 130 Å². The molecule has 3 aromatic rings. The van der Waals surface area contributed by atoms with E-state index in [1.54, 1.807) is 0 Å². The lowest BCUT2D eigenvalue weighted by Gasteiger charge is -2.55. The maximum Gasteiger partial charge on any atom is 0.127 e. The van der Waals surface area contributed by atoms with Gasteiger partial charge in [0.05, 0.1) is 0 Å². The molecular formula is C40H60BrNO. The quantitative estimate of drug-likeness (QED) is 0.298. The van der Waals surface area contributed by atoms with E-state index in [0.717, 1.165) is 39.6 Å². The van der Waals surface area contributed by atoms with Gasteiger partial charge in [0, 0.05) is 10.0 Å². The van der Waals surface area contributed by atoms with Crippen molar-refractivity contribution >= 4 is 15.9 Å². The molecule has 7 rings (SSSR count). The number of hydrogen-bond acceptors (Lipinski definition) is 2. The molecule has 0 saturated heterocycles. The van der Waals surface area contributed by atoms with Gasteiger partial charge in [0.15, 0.2) is 0 Å². The maximum absolute atomic E-state index is 6.32. The zero-order valence-corrected chi connectivity index (χ0v) is 29.8. The van der Waals surface area contributed by atoms with Crippen LogP contribution in [0.4, 0.5) is 0 Å². The Morgan fingerprint density at radius 2 is 1.09 bits per heavy atom. The third kappa shape index (κ3) is 15.5. The lowest BCUT2D eigenvalue weighted by molar-refractivity contribution is 0.000364. The Morgan fingerprint density at radius 1 is 0.674 bits per heavy atom. The predicted molar refractivity (Wildman–Crippen MR) is 192 cm³/mol. The average molecular weight is 651 g/mol. The molecule has 0 amide bonds. The van der Waals surface area contributed by atoms with Gasteiger partial charge in [-0.05, 0) is 112 Å². The Bertz CT molecular complexity index is 1050. The van der Waals surface area contributed by atoms with Gasteiger partial charge in [-0.2, -0.15) is 0 Å². The van der Waals surface area contributed by atoms with E-state index in [9.17, 15) is 0 Å². The van der Waals surface area contributed by atoms with Gasteiger partial charge in [-0.25, -0.2) is 0 Å². The molecule has 0 unspecified atom stereocenters. The molecule has 4 bridgehead atoms. The second-order valence-corrected chi connectivity index (χ2v) is 14.4. The zero-order chi connectivity index (χ0) is 31.7. The lowest BCUT2D eigenvalue weighted by atomic mass is 9.53. The van der Waals surface area contributed by atoms with Crippen LogP contribution in [0.5, 0.6) is 11.5 Å². The van der Waals surface area contributed by atoms with Crippen molar-refractivity contribution in [2.45, 2.75) is 118 Å². The van der Waals surface area contributed by atoms with Gasteiger partial charge in [0.2, 0.25) is 0 Å². The van der Waals surface area contributed by atoms with Gasteiger partial charge in [-0.15, -0.1) is 0 Å². The molecule has 43 heavy (non-hydrogen) atoms. The van der Waals surface area contributed by atoms with Crippen molar-refractivity contribution < 1.29 is 4.74 Å². The summed E-state index contributed by atoms with van der Waals surface area (Å²) in [5.41, 5.74) is 9.16. The summed E-state index contributed by atoms with van der Waals surface area (Å²) in [5, 5.41) is 0. The zero-order valence-electron chi connectivity index (χ0n) is 28.2. The highest BCUT2D eigenvalue weighted by Gasteiger charge is 2.48. The van der Waals surface area contributed by atoms with Crippen molar-refractivity contribution in [3.05, 3.63) is 94.5 Å². The summed E-state index contributed by atoms with van der Waals surface area (Å²) in [6.07, 6.45) is 13.9. The molecule has 0 atom stereocenters. The number of hydrogen-bond donors (Lipinski definition) is 1. The molecule has 0 heterocycles. The third-order valence-corrected chi connectivity index (χ3v) is 8.99. The minimum absolute atomic E-state index is 0.300. The average Bonchev–Trinajstić information content (AvgIpc) is 2.96. The van der Waals surface area contributed by atoms with E-state index in [1.165, 1.54) is 75.3 Å². The van der Waals surface area contributed by atoms with Crippen molar-refractivity contribution in [3.8, 4) is 11.5 Å². The largest absolute Gasteiger partial charge is 0.457 e. The van der Waals surface area contributed by atoms with Crippen LogP contribution in [0.3, 0.4) is 0 Å². The van der Waals surface area contributed by atoms with Crippen LogP contribution in [0.15, 0.2) is 83.3 Å². The number of unbranched alkanes of at least 4 members (excludes halogenated alkanes) is 1. The van der Waals surface area contributed by atoms with Gasteiger partial charge in [-0.3, -0.25) is 0 Å². The smallest absolute Gasteiger partial charge is 0.127 e. The number of ether oxygens (including phenoxy) is 1. The first-order chi connectivity index (χ1) is 20.6. The SMILES string of the molecule is CCCC.CCCC(C)C.Cc1ccc(Br)cc1.Cc1ccc(Oc2ccccc2)cc1.NC12CC3CC(CC(C3)C1)C2. The molecule has 4 aliphatic rings. The highest BCUT2D eigenvalue weighted by atomic mass is 79.9. The summed E-state index contributed by atoms with van der Waals surface area (Å²) in [6, 6.07) is 26.0. The number of benzene rings is 3. The molecule has 238 valence electrons. The molecule has 0 spiro atoms. The fraction of sp³-hybridized carbons (Fsp3) is 0.550. The van der Waals surface area contributed by atoms with Crippen molar-refractivity contribution in [2.75, 3.05) is 0 Å². The monoisotopic (exact) mass is 649 g/mol. The minimum atomic E-state index is 0.300. The van der Waals surface area contributed by atoms with Crippen LogP contribution in [0.1, 0.15) is 110 Å². The molecule has 4 saturated carbocycles. The molecule has 3 aromatic carbocycles. The van der Waals surface area contributed by atoms with Crippen LogP contribution in [-0.4, -0.2) is 5.54 Å². The summed E-state index contributed by atoms with van der Waals surface area (Å²) in [5.74, 6) is 5.71. The van der Waals surface area contributed by atoms with E-state index in [0.29, 0.717) is 5.54 Å². The molecule has 2 nitrogen and oxygen atoms in total. The molecule has 0 aromatic heterocycles. The van der Waals surface area contributed by atoms with E-state index in [-0.39, 0.29) is 0 Å². The van der Waals surface area contributed by atoms with Crippen molar-refractivity contribution in [3.63, 3.8) is 0 Å². The molecule has 0 radical (unpaired) electrons. The lowest BCUT2D eigenvalue weighted by Crippen LogP contribution is -2.55. The summed E-state index contributed by atoms with van der Waals surface area (Å²) < 4.78 is 6.78. The maximum atomic E-state index is 6.32. The molecule has 4 aliphatic carbocycles. The highest BCUT2D eigenvalue weighted by Crippen LogP contribution is 2.54. The third-order valence-electron chi connectivity index (χ3n) is 8.46. The second-order valence-electron chi connectivity index (χ2n) is 13.5. The molecular weight excluding hydrogens is 590 g/mol. The number of rotatable bonds is 5. The van der Waals surface area contributed by atoms with Gasteiger partial charge < -0.3 is 10.5 Å². The number of nitrogens with two attached hydrogens (primary N) is 1. The Labute approximate surface area is 273 Å². The van der Waals surface area contributed by atoms with E-state index in [1.807, 2.05) is 66.7 Å². The van der Waals surface area contributed by atoms with E-state index < -0.39 is 0 Å². The molecule has 0 aliphatic heterocycles. The van der Waals surface area contributed by atoms with Gasteiger partial charge in [0.1, 0.15) is 11.5 Å². The van der Waals surface area contributed by atoms with Crippen LogP contribution in [0.25, 0.3) is 0 Å². The van der Waals surface area contributed by atoms with Crippen LogP contribution >= 0.6 is 15.9 Å². The fourth-order valence-electron chi connectivity index (χ4n) is 6.52. The van der Waals surface area contributed by atoms with Crippen molar-refractivity contribution in [1.82, 2.24) is 0 Å². The fourth-order valence-corrected chi connectivity index (χ4v) is 6.78. The van der Waals surface area contributed by atoms with Gasteiger partial charge in [0.25, 0.3) is 0 Å². The van der Waals surface area contributed by atoms with Crippen molar-refractivity contribution in [1.29, 1.82) is 0 Å². The molecule has 2 N–H and O–H groups in total. The van der Waals surface area contributed by atoms with Crippen LogP contribution in [-0.2, 0) is 0 Å². The topological polar surface area (TPSA) is 35.2 Å². The Balaban J connectivity index is 0.000000200. The number of aryl methyl sites for hydroxylation is 2. The van der Waals surface area contributed by atoms with E-state index >= 15 is 0 Å². The predicted octanol–water partition coefficient (Wildman–Crippen LogP) is 12.7. The molecule has 3 heteroatoms. The summed E-state index contributed by atoms with van der Waals surface area (Å²) in [4.78, 5) is 0.